The van der Waals surface area contributed by atoms with E-state index in [9.17, 15) is 13.2 Å². The van der Waals surface area contributed by atoms with Crippen molar-refractivity contribution in [3.63, 3.8) is 0 Å². The monoisotopic (exact) mass is 388 g/mol. The molecule has 1 N–H and O–H groups in total. The molecule has 1 atom stereocenters. The predicted molar refractivity (Wildman–Crippen MR) is 108 cm³/mol. The van der Waals surface area contributed by atoms with E-state index in [1.165, 1.54) is 22.0 Å². The van der Waals surface area contributed by atoms with E-state index in [1.54, 1.807) is 26.0 Å². The maximum absolute atomic E-state index is 12.5. The van der Waals surface area contributed by atoms with Crippen LogP contribution in [0, 0.1) is 0 Å². The van der Waals surface area contributed by atoms with E-state index in [0.717, 1.165) is 6.42 Å². The molecule has 0 saturated carbocycles. The van der Waals surface area contributed by atoms with Gasteiger partial charge in [0.05, 0.1) is 4.90 Å². The number of rotatable bonds is 9. The van der Waals surface area contributed by atoms with Crippen molar-refractivity contribution < 1.29 is 13.2 Å². The van der Waals surface area contributed by atoms with Gasteiger partial charge < -0.3 is 5.32 Å². The molecule has 0 aromatic heterocycles. The van der Waals surface area contributed by atoms with Crippen molar-refractivity contribution in [3.05, 3.63) is 65.7 Å². The first-order valence-electron chi connectivity index (χ1n) is 9.37. The molecule has 0 fully saturated rings. The third-order valence-electron chi connectivity index (χ3n) is 4.73. The van der Waals surface area contributed by atoms with Crippen LogP contribution in [0.15, 0.2) is 59.5 Å². The van der Waals surface area contributed by atoms with Crippen molar-refractivity contribution >= 4 is 15.9 Å². The summed E-state index contributed by atoms with van der Waals surface area (Å²) in [6.07, 6.45) is 0.922. The van der Waals surface area contributed by atoms with Gasteiger partial charge in [0.15, 0.2) is 0 Å². The van der Waals surface area contributed by atoms with Crippen molar-refractivity contribution in [1.82, 2.24) is 9.62 Å². The molecule has 0 aliphatic heterocycles. The van der Waals surface area contributed by atoms with E-state index >= 15 is 0 Å². The number of nitrogens with zero attached hydrogens (tertiary/aromatic N) is 1. The zero-order valence-electron chi connectivity index (χ0n) is 16.2. The topological polar surface area (TPSA) is 66.5 Å². The Hall–Kier alpha value is -2.18. The van der Waals surface area contributed by atoms with Crippen LogP contribution < -0.4 is 5.32 Å². The predicted octanol–water partition coefficient (Wildman–Crippen LogP) is 3.64. The van der Waals surface area contributed by atoms with Gasteiger partial charge in [-0.05, 0) is 36.2 Å². The summed E-state index contributed by atoms with van der Waals surface area (Å²) in [7, 11) is -3.51. The Morgan fingerprint density at radius 2 is 1.56 bits per heavy atom. The first-order valence-corrected chi connectivity index (χ1v) is 10.8. The molecule has 2 aromatic rings. The van der Waals surface area contributed by atoms with E-state index in [-0.39, 0.29) is 16.7 Å². The SMILES string of the molecule is CCC(CNC(=O)c1ccc(S(=O)(=O)N(CC)CC)cc1)c1ccccc1. The molecule has 0 radical (unpaired) electrons. The summed E-state index contributed by atoms with van der Waals surface area (Å²) in [5, 5.41) is 2.95. The van der Waals surface area contributed by atoms with Gasteiger partial charge in [0.2, 0.25) is 10.0 Å². The number of sulfonamides is 1. The summed E-state index contributed by atoms with van der Waals surface area (Å²) in [5.74, 6) is 0.0497. The lowest BCUT2D eigenvalue weighted by Crippen LogP contribution is -2.31. The molecule has 6 heteroatoms. The lowest BCUT2D eigenvalue weighted by molar-refractivity contribution is 0.0951. The summed E-state index contributed by atoms with van der Waals surface area (Å²) >= 11 is 0. The van der Waals surface area contributed by atoms with Crippen LogP contribution in [0.5, 0.6) is 0 Å². The van der Waals surface area contributed by atoms with Crippen LogP contribution in [0.3, 0.4) is 0 Å². The number of benzene rings is 2. The van der Waals surface area contributed by atoms with E-state index < -0.39 is 10.0 Å². The van der Waals surface area contributed by atoms with Gasteiger partial charge in [-0.3, -0.25) is 4.79 Å². The zero-order valence-corrected chi connectivity index (χ0v) is 17.0. The van der Waals surface area contributed by atoms with Crippen LogP contribution in [-0.4, -0.2) is 38.3 Å². The van der Waals surface area contributed by atoms with Gasteiger partial charge in [-0.1, -0.05) is 51.1 Å². The van der Waals surface area contributed by atoms with Gasteiger partial charge in [0.25, 0.3) is 5.91 Å². The number of amides is 1. The minimum atomic E-state index is -3.51. The van der Waals surface area contributed by atoms with Gasteiger partial charge in [0, 0.05) is 31.1 Å². The second-order valence-electron chi connectivity index (χ2n) is 6.34. The molecule has 2 rings (SSSR count). The number of carbonyl (C=O) groups is 1. The Bertz CT molecular complexity index is 829. The zero-order chi connectivity index (χ0) is 19.9. The van der Waals surface area contributed by atoms with Crippen molar-refractivity contribution in [2.45, 2.75) is 38.0 Å². The van der Waals surface area contributed by atoms with Gasteiger partial charge in [-0.2, -0.15) is 4.31 Å². The van der Waals surface area contributed by atoms with Gasteiger partial charge in [-0.25, -0.2) is 8.42 Å². The summed E-state index contributed by atoms with van der Waals surface area (Å²) in [6, 6.07) is 16.2. The molecule has 0 saturated heterocycles. The Morgan fingerprint density at radius 1 is 0.963 bits per heavy atom. The third kappa shape index (κ3) is 5.17. The number of hydrogen-bond acceptors (Lipinski definition) is 3. The number of hydrogen-bond donors (Lipinski definition) is 1. The summed E-state index contributed by atoms with van der Waals surface area (Å²) in [5.41, 5.74) is 1.65. The lowest BCUT2D eigenvalue weighted by atomic mass is 9.96. The normalized spacial score (nSPS) is 12.7. The molecule has 1 unspecified atom stereocenters. The second-order valence-corrected chi connectivity index (χ2v) is 8.28. The molecule has 2 aromatic carbocycles. The van der Waals surface area contributed by atoms with Gasteiger partial charge in [-0.15, -0.1) is 0 Å². The van der Waals surface area contributed by atoms with Crippen LogP contribution in [0.25, 0.3) is 0 Å². The van der Waals surface area contributed by atoms with Crippen LogP contribution >= 0.6 is 0 Å². The second kappa shape index (κ2) is 9.67. The largest absolute Gasteiger partial charge is 0.351 e. The standard InChI is InChI=1S/C21H28N2O3S/c1-4-17(18-10-8-7-9-11-18)16-22-21(24)19-12-14-20(15-13-19)27(25,26)23(5-2)6-3/h7-15,17H,4-6,16H2,1-3H3,(H,22,24). The van der Waals surface area contributed by atoms with E-state index in [1.807, 2.05) is 18.2 Å². The first kappa shape index (κ1) is 21.1. The Morgan fingerprint density at radius 3 is 2.07 bits per heavy atom. The number of carbonyl (C=O) groups excluding carboxylic acids is 1. The molecule has 5 nitrogen and oxygen atoms in total. The summed E-state index contributed by atoms with van der Waals surface area (Å²) in [6.45, 7) is 7.08. The van der Waals surface area contributed by atoms with E-state index in [0.29, 0.717) is 25.2 Å². The average Bonchev–Trinajstić information content (AvgIpc) is 2.70. The highest BCUT2D eigenvalue weighted by Gasteiger charge is 2.21. The minimum Gasteiger partial charge on any atom is -0.351 e. The van der Waals surface area contributed by atoms with Crippen LogP contribution in [-0.2, 0) is 10.0 Å². The fourth-order valence-electron chi connectivity index (χ4n) is 3.03. The van der Waals surface area contributed by atoms with Crippen molar-refractivity contribution in [3.8, 4) is 0 Å². The molecule has 0 aliphatic rings. The van der Waals surface area contributed by atoms with Crippen molar-refractivity contribution in [2.24, 2.45) is 0 Å². The highest BCUT2D eigenvalue weighted by molar-refractivity contribution is 7.89. The van der Waals surface area contributed by atoms with Crippen LogP contribution in [0.2, 0.25) is 0 Å². The molecule has 0 spiro atoms. The van der Waals surface area contributed by atoms with Crippen LogP contribution in [0.4, 0.5) is 0 Å². The summed E-state index contributed by atoms with van der Waals surface area (Å²) < 4.78 is 26.4. The number of nitrogens with one attached hydrogen (secondary N) is 1. The van der Waals surface area contributed by atoms with Gasteiger partial charge in [0.1, 0.15) is 0 Å². The fourth-order valence-corrected chi connectivity index (χ4v) is 4.49. The lowest BCUT2D eigenvalue weighted by Gasteiger charge is -2.18. The third-order valence-corrected chi connectivity index (χ3v) is 6.80. The first-order chi connectivity index (χ1) is 12.9. The van der Waals surface area contributed by atoms with Crippen LogP contribution in [0.1, 0.15) is 49.0 Å². The molecule has 146 valence electrons. The van der Waals surface area contributed by atoms with Crippen molar-refractivity contribution in [2.75, 3.05) is 19.6 Å². The molecule has 1 amide bonds. The molecular weight excluding hydrogens is 360 g/mol. The summed E-state index contributed by atoms with van der Waals surface area (Å²) in [4.78, 5) is 12.6. The smallest absolute Gasteiger partial charge is 0.251 e. The maximum Gasteiger partial charge on any atom is 0.251 e. The Kier molecular flexibility index (Phi) is 7.56. The highest BCUT2D eigenvalue weighted by Crippen LogP contribution is 2.19. The molecular formula is C21H28N2O3S. The van der Waals surface area contributed by atoms with Crippen molar-refractivity contribution in [1.29, 1.82) is 0 Å². The molecule has 0 aliphatic carbocycles. The fraction of sp³-hybridized carbons (Fsp3) is 0.381. The van der Waals surface area contributed by atoms with E-state index in [2.05, 4.69) is 24.4 Å². The molecule has 0 bridgehead atoms. The molecule has 0 heterocycles. The average molecular weight is 389 g/mol. The minimum absolute atomic E-state index is 0.198. The molecule has 27 heavy (non-hydrogen) atoms. The Balaban J connectivity index is 2.05. The highest BCUT2D eigenvalue weighted by atomic mass is 32.2. The van der Waals surface area contributed by atoms with Gasteiger partial charge >= 0.3 is 0 Å². The van der Waals surface area contributed by atoms with E-state index in [4.69, 9.17) is 0 Å². The Labute approximate surface area is 162 Å². The maximum atomic E-state index is 12.5. The quantitative estimate of drug-likeness (QED) is 0.713.